The normalized spacial score (nSPS) is 10.5. The molecule has 6 nitrogen and oxygen atoms in total. The van der Waals surface area contributed by atoms with Crippen LogP contribution in [0, 0.1) is 13.8 Å². The Morgan fingerprint density at radius 2 is 1.88 bits per heavy atom. The Labute approximate surface area is 152 Å². The molecule has 2 aromatic carbocycles. The van der Waals surface area contributed by atoms with E-state index in [0.717, 1.165) is 22.4 Å². The van der Waals surface area contributed by atoms with Gasteiger partial charge in [0.15, 0.2) is 0 Å². The van der Waals surface area contributed by atoms with Crippen molar-refractivity contribution in [1.82, 2.24) is 10.2 Å². The fraction of sp³-hybridized carbons (Fsp3) is 0.200. The van der Waals surface area contributed by atoms with Crippen molar-refractivity contribution >= 4 is 11.6 Å². The van der Waals surface area contributed by atoms with E-state index in [1.165, 1.54) is 0 Å². The molecule has 1 amide bonds. The summed E-state index contributed by atoms with van der Waals surface area (Å²) >= 11 is 0. The highest BCUT2D eigenvalue weighted by atomic mass is 16.5. The van der Waals surface area contributed by atoms with Gasteiger partial charge < -0.3 is 14.8 Å². The van der Waals surface area contributed by atoms with Crippen LogP contribution < -0.4 is 14.8 Å². The number of nitrogens with zero attached hydrogens (tertiary/aromatic N) is 1. The predicted octanol–water partition coefficient (Wildman–Crippen LogP) is 3.96. The van der Waals surface area contributed by atoms with Gasteiger partial charge >= 0.3 is 0 Å². The lowest BCUT2D eigenvalue weighted by Crippen LogP contribution is -2.13. The summed E-state index contributed by atoms with van der Waals surface area (Å²) in [6.07, 6.45) is 0. The molecule has 26 heavy (non-hydrogen) atoms. The lowest BCUT2D eigenvalue weighted by Gasteiger charge is -2.09. The maximum Gasteiger partial charge on any atom is 0.273 e. The molecule has 134 valence electrons. The summed E-state index contributed by atoms with van der Waals surface area (Å²) in [6, 6.07) is 12.9. The molecule has 0 unspecified atom stereocenters. The standard InChI is InChI=1S/C20H21N3O3/c1-12-6-5-7-16(13(12)2)21-20(24)18-11-17(22-23-18)15-9-8-14(25-3)10-19(15)26-4/h5-11H,1-4H3,(H,21,24)(H,22,23). The van der Waals surface area contributed by atoms with Gasteiger partial charge in [-0.2, -0.15) is 5.10 Å². The number of aryl methyl sites for hydroxylation is 1. The summed E-state index contributed by atoms with van der Waals surface area (Å²) in [5.74, 6) is 1.07. The maximum absolute atomic E-state index is 12.5. The number of anilines is 1. The third kappa shape index (κ3) is 3.39. The molecule has 0 fully saturated rings. The van der Waals surface area contributed by atoms with Crippen LogP contribution in [0.15, 0.2) is 42.5 Å². The number of methoxy groups -OCH3 is 2. The lowest BCUT2D eigenvalue weighted by molar-refractivity contribution is 0.102. The molecule has 0 spiro atoms. The number of ether oxygens (including phenoxy) is 2. The smallest absolute Gasteiger partial charge is 0.273 e. The fourth-order valence-electron chi connectivity index (χ4n) is 2.66. The average molecular weight is 351 g/mol. The Hall–Kier alpha value is -3.28. The molecular formula is C20H21N3O3. The van der Waals surface area contributed by atoms with Gasteiger partial charge in [0, 0.05) is 17.3 Å². The van der Waals surface area contributed by atoms with Crippen molar-refractivity contribution in [1.29, 1.82) is 0 Å². The van der Waals surface area contributed by atoms with Gasteiger partial charge in [-0.15, -0.1) is 0 Å². The number of benzene rings is 2. The number of aromatic amines is 1. The van der Waals surface area contributed by atoms with E-state index in [1.807, 2.05) is 44.2 Å². The third-order valence-electron chi connectivity index (χ3n) is 4.36. The highest BCUT2D eigenvalue weighted by Crippen LogP contribution is 2.32. The Kier molecular flexibility index (Phi) is 4.93. The van der Waals surface area contributed by atoms with Crippen LogP contribution in [-0.2, 0) is 0 Å². The molecule has 0 bridgehead atoms. The number of nitrogens with one attached hydrogen (secondary N) is 2. The second kappa shape index (κ2) is 7.31. The molecule has 3 aromatic rings. The van der Waals surface area contributed by atoms with Crippen molar-refractivity contribution in [2.45, 2.75) is 13.8 Å². The number of rotatable bonds is 5. The number of aromatic nitrogens is 2. The number of carbonyl (C=O) groups is 1. The van der Waals surface area contributed by atoms with E-state index in [-0.39, 0.29) is 5.91 Å². The predicted molar refractivity (Wildman–Crippen MR) is 101 cm³/mol. The van der Waals surface area contributed by atoms with Gasteiger partial charge in [0.2, 0.25) is 0 Å². The van der Waals surface area contributed by atoms with Crippen LogP contribution in [-0.4, -0.2) is 30.3 Å². The van der Waals surface area contributed by atoms with Crippen LogP contribution in [0.3, 0.4) is 0 Å². The number of hydrogen-bond acceptors (Lipinski definition) is 4. The zero-order valence-corrected chi connectivity index (χ0v) is 15.2. The van der Waals surface area contributed by atoms with Crippen LogP contribution in [0.25, 0.3) is 11.3 Å². The summed E-state index contributed by atoms with van der Waals surface area (Å²) < 4.78 is 10.6. The van der Waals surface area contributed by atoms with Gasteiger partial charge in [-0.3, -0.25) is 9.89 Å². The third-order valence-corrected chi connectivity index (χ3v) is 4.36. The maximum atomic E-state index is 12.5. The van der Waals surface area contributed by atoms with Gasteiger partial charge in [-0.05, 0) is 49.2 Å². The zero-order valence-electron chi connectivity index (χ0n) is 15.2. The highest BCUT2D eigenvalue weighted by Gasteiger charge is 2.15. The van der Waals surface area contributed by atoms with Crippen LogP contribution in [0.1, 0.15) is 21.6 Å². The van der Waals surface area contributed by atoms with Gasteiger partial charge in [0.05, 0.1) is 19.9 Å². The largest absolute Gasteiger partial charge is 0.497 e. The Balaban J connectivity index is 1.86. The second-order valence-electron chi connectivity index (χ2n) is 5.93. The molecule has 6 heteroatoms. The van der Waals surface area contributed by atoms with E-state index >= 15 is 0 Å². The van der Waals surface area contributed by atoms with E-state index < -0.39 is 0 Å². The van der Waals surface area contributed by atoms with E-state index in [9.17, 15) is 4.79 Å². The summed E-state index contributed by atoms with van der Waals surface area (Å²) in [7, 11) is 3.18. The van der Waals surface area contributed by atoms with Crippen LogP contribution in [0.5, 0.6) is 11.5 Å². The van der Waals surface area contributed by atoms with Crippen molar-refractivity contribution in [2.24, 2.45) is 0 Å². The highest BCUT2D eigenvalue weighted by molar-refractivity contribution is 6.04. The number of hydrogen-bond donors (Lipinski definition) is 2. The first kappa shape index (κ1) is 17.5. The first-order valence-electron chi connectivity index (χ1n) is 8.19. The average Bonchev–Trinajstić information content (AvgIpc) is 3.15. The Morgan fingerprint density at radius 1 is 1.08 bits per heavy atom. The van der Waals surface area contributed by atoms with Gasteiger partial charge in [0.1, 0.15) is 17.2 Å². The molecule has 0 radical (unpaired) electrons. The van der Waals surface area contributed by atoms with Crippen molar-refractivity contribution in [2.75, 3.05) is 19.5 Å². The van der Waals surface area contributed by atoms with E-state index in [2.05, 4.69) is 15.5 Å². The zero-order chi connectivity index (χ0) is 18.7. The molecular weight excluding hydrogens is 330 g/mol. The van der Waals surface area contributed by atoms with Gasteiger partial charge in [-0.1, -0.05) is 12.1 Å². The SMILES string of the molecule is COc1ccc(-c2cc(C(=O)Nc3cccc(C)c3C)[nH]n2)c(OC)c1. The number of H-pyrrole nitrogens is 1. The molecule has 3 rings (SSSR count). The molecule has 2 N–H and O–H groups in total. The number of amides is 1. The monoisotopic (exact) mass is 351 g/mol. The minimum atomic E-state index is -0.245. The molecule has 0 saturated carbocycles. The van der Waals surface area contributed by atoms with Gasteiger partial charge in [0.25, 0.3) is 5.91 Å². The minimum Gasteiger partial charge on any atom is -0.497 e. The Bertz CT molecular complexity index is 947. The molecule has 1 aromatic heterocycles. The molecule has 0 atom stereocenters. The van der Waals surface area contributed by atoms with Crippen molar-refractivity contribution in [3.05, 3.63) is 59.3 Å². The van der Waals surface area contributed by atoms with Crippen molar-refractivity contribution in [3.63, 3.8) is 0 Å². The first-order valence-corrected chi connectivity index (χ1v) is 8.19. The molecule has 0 aliphatic heterocycles. The molecule has 0 aliphatic carbocycles. The molecule has 1 heterocycles. The van der Waals surface area contributed by atoms with Crippen LogP contribution in [0.4, 0.5) is 5.69 Å². The fourth-order valence-corrected chi connectivity index (χ4v) is 2.66. The molecule has 0 saturated heterocycles. The van der Waals surface area contributed by atoms with E-state index in [1.54, 1.807) is 26.4 Å². The molecule has 0 aliphatic rings. The van der Waals surface area contributed by atoms with E-state index in [4.69, 9.17) is 9.47 Å². The summed E-state index contributed by atoms with van der Waals surface area (Å²) in [4.78, 5) is 12.5. The first-order chi connectivity index (χ1) is 12.5. The Morgan fingerprint density at radius 3 is 2.62 bits per heavy atom. The quantitative estimate of drug-likeness (QED) is 0.729. The van der Waals surface area contributed by atoms with Crippen LogP contribution >= 0.6 is 0 Å². The number of carbonyl (C=O) groups excluding carboxylic acids is 1. The summed E-state index contributed by atoms with van der Waals surface area (Å²) in [5, 5.41) is 9.95. The second-order valence-corrected chi connectivity index (χ2v) is 5.93. The summed E-state index contributed by atoms with van der Waals surface area (Å²) in [6.45, 7) is 3.99. The van der Waals surface area contributed by atoms with Crippen molar-refractivity contribution in [3.8, 4) is 22.8 Å². The van der Waals surface area contributed by atoms with Crippen molar-refractivity contribution < 1.29 is 14.3 Å². The summed E-state index contributed by atoms with van der Waals surface area (Å²) in [5.41, 5.74) is 4.71. The van der Waals surface area contributed by atoms with Crippen LogP contribution in [0.2, 0.25) is 0 Å². The lowest BCUT2D eigenvalue weighted by atomic mass is 10.1. The van der Waals surface area contributed by atoms with Gasteiger partial charge in [-0.25, -0.2) is 0 Å². The minimum absolute atomic E-state index is 0.245. The van der Waals surface area contributed by atoms with E-state index in [0.29, 0.717) is 22.9 Å². The topological polar surface area (TPSA) is 76.2 Å².